The minimum absolute atomic E-state index is 0.0140. The number of rotatable bonds is 5. The van der Waals surface area contributed by atoms with Gasteiger partial charge in [-0.1, -0.05) is 30.3 Å². The number of hydrogen-bond acceptors (Lipinski definition) is 4. The fourth-order valence-electron chi connectivity index (χ4n) is 3.94. The zero-order valence-corrected chi connectivity index (χ0v) is 18.4. The first-order valence-electron chi connectivity index (χ1n) is 10.7. The van der Waals surface area contributed by atoms with E-state index >= 15 is 0 Å². The lowest BCUT2D eigenvalue weighted by Crippen LogP contribution is -2.50. The average molecular weight is 430 g/mol. The normalized spacial score (nSPS) is 13.6. The third-order valence-electron chi connectivity index (χ3n) is 5.83. The van der Waals surface area contributed by atoms with Crippen LogP contribution in [0.4, 0.5) is 11.4 Å². The molecule has 2 amide bonds. The van der Waals surface area contributed by atoms with Crippen molar-refractivity contribution in [3.8, 4) is 5.75 Å². The number of methoxy groups -OCH3 is 1. The largest absolute Gasteiger partial charge is 0.497 e. The molecule has 0 unspecified atom stereocenters. The Bertz CT molecular complexity index is 1070. The third kappa shape index (κ3) is 4.44. The zero-order chi connectivity index (χ0) is 22.5. The summed E-state index contributed by atoms with van der Waals surface area (Å²) in [7, 11) is 3.57. The molecule has 0 aromatic heterocycles. The van der Waals surface area contributed by atoms with Crippen LogP contribution in [0.25, 0.3) is 0 Å². The molecule has 1 fully saturated rings. The molecule has 3 aromatic rings. The number of anilines is 2. The van der Waals surface area contributed by atoms with E-state index < -0.39 is 0 Å². The van der Waals surface area contributed by atoms with Crippen LogP contribution in [0.2, 0.25) is 0 Å². The van der Waals surface area contributed by atoms with Gasteiger partial charge in [0.15, 0.2) is 0 Å². The maximum Gasteiger partial charge on any atom is 0.256 e. The summed E-state index contributed by atoms with van der Waals surface area (Å²) >= 11 is 0. The lowest BCUT2D eigenvalue weighted by atomic mass is 10.1. The van der Waals surface area contributed by atoms with Crippen LogP contribution in [0.15, 0.2) is 78.9 Å². The fraction of sp³-hybridized carbons (Fsp3) is 0.231. The van der Waals surface area contributed by atoms with E-state index in [1.807, 2.05) is 71.4 Å². The Morgan fingerprint density at radius 2 is 1.31 bits per heavy atom. The van der Waals surface area contributed by atoms with Gasteiger partial charge in [-0.15, -0.1) is 0 Å². The molecule has 0 saturated carbocycles. The summed E-state index contributed by atoms with van der Waals surface area (Å²) in [5.41, 5.74) is 3.16. The van der Waals surface area contributed by atoms with Crippen LogP contribution in [0.1, 0.15) is 20.7 Å². The second-order valence-electron chi connectivity index (χ2n) is 7.72. The minimum Gasteiger partial charge on any atom is -0.497 e. The van der Waals surface area contributed by atoms with Gasteiger partial charge in [-0.3, -0.25) is 9.59 Å². The molecule has 0 bridgehead atoms. The number of carbonyl (C=O) groups is 2. The maximum absolute atomic E-state index is 13.4. The second kappa shape index (κ2) is 9.56. The first kappa shape index (κ1) is 21.4. The number of benzene rings is 3. The van der Waals surface area contributed by atoms with Gasteiger partial charge in [0.25, 0.3) is 11.8 Å². The first-order chi connectivity index (χ1) is 15.6. The highest BCUT2D eigenvalue weighted by Crippen LogP contribution is 2.28. The summed E-state index contributed by atoms with van der Waals surface area (Å²) in [6.45, 7) is 2.02. The van der Waals surface area contributed by atoms with Crippen molar-refractivity contribution in [1.82, 2.24) is 9.80 Å². The molecule has 0 N–H and O–H groups in total. The Labute approximate surface area is 188 Å². The predicted octanol–water partition coefficient (Wildman–Crippen LogP) is 4.06. The Hall–Kier alpha value is -3.80. The minimum atomic E-state index is -0.0241. The van der Waals surface area contributed by atoms with Crippen LogP contribution in [0.3, 0.4) is 0 Å². The predicted molar refractivity (Wildman–Crippen MR) is 126 cm³/mol. The smallest absolute Gasteiger partial charge is 0.256 e. The maximum atomic E-state index is 13.4. The number of para-hydroxylation sites is 2. The topological polar surface area (TPSA) is 53.1 Å². The van der Waals surface area contributed by atoms with E-state index in [1.165, 1.54) is 0 Å². The Kier molecular flexibility index (Phi) is 6.40. The molecule has 0 aliphatic carbocycles. The molecule has 0 radical (unpaired) electrons. The van der Waals surface area contributed by atoms with E-state index in [1.54, 1.807) is 36.3 Å². The molecule has 1 saturated heterocycles. The highest BCUT2D eigenvalue weighted by Gasteiger charge is 2.27. The Morgan fingerprint density at radius 1 is 0.750 bits per heavy atom. The van der Waals surface area contributed by atoms with Gasteiger partial charge in [-0.05, 0) is 48.5 Å². The van der Waals surface area contributed by atoms with Crippen LogP contribution >= 0.6 is 0 Å². The summed E-state index contributed by atoms with van der Waals surface area (Å²) in [5, 5.41) is 0. The summed E-state index contributed by atoms with van der Waals surface area (Å²) in [6, 6.07) is 24.7. The van der Waals surface area contributed by atoms with Gasteiger partial charge in [0.2, 0.25) is 0 Å². The van der Waals surface area contributed by atoms with Crippen LogP contribution in [-0.2, 0) is 0 Å². The molecule has 1 heterocycles. The third-order valence-corrected chi connectivity index (χ3v) is 5.83. The van der Waals surface area contributed by atoms with Crippen molar-refractivity contribution >= 4 is 23.2 Å². The molecule has 0 atom stereocenters. The number of hydrogen-bond donors (Lipinski definition) is 0. The van der Waals surface area contributed by atoms with Crippen molar-refractivity contribution in [1.29, 1.82) is 0 Å². The van der Waals surface area contributed by atoms with Crippen molar-refractivity contribution in [2.75, 3.05) is 45.2 Å². The number of carbonyl (C=O) groups excluding carboxylic acids is 2. The highest BCUT2D eigenvalue weighted by molar-refractivity contribution is 6.01. The first-order valence-corrected chi connectivity index (χ1v) is 10.7. The van der Waals surface area contributed by atoms with Gasteiger partial charge in [-0.2, -0.15) is 0 Å². The van der Waals surface area contributed by atoms with Crippen LogP contribution < -0.4 is 9.64 Å². The van der Waals surface area contributed by atoms with Gasteiger partial charge in [0, 0.05) is 44.5 Å². The highest BCUT2D eigenvalue weighted by atomic mass is 16.5. The lowest BCUT2D eigenvalue weighted by molar-refractivity contribution is 0.0536. The standard InChI is InChI=1S/C26H27N3O3/c1-27(21-8-4-3-5-9-21)24-11-7-6-10-23(24)26(31)29-18-16-28(17-19-29)25(30)20-12-14-22(32-2)15-13-20/h3-15H,16-19H2,1-2H3. The molecule has 3 aromatic carbocycles. The lowest BCUT2D eigenvalue weighted by Gasteiger charge is -2.35. The van der Waals surface area contributed by atoms with Crippen LogP contribution in [0.5, 0.6) is 5.75 Å². The van der Waals surface area contributed by atoms with Gasteiger partial charge in [0.05, 0.1) is 18.4 Å². The number of piperazine rings is 1. The molecule has 6 heteroatoms. The summed E-state index contributed by atoms with van der Waals surface area (Å²) < 4.78 is 5.16. The van der Waals surface area contributed by atoms with Gasteiger partial charge in [0.1, 0.15) is 5.75 Å². The molecule has 1 aliphatic heterocycles. The molecular weight excluding hydrogens is 402 g/mol. The summed E-state index contributed by atoms with van der Waals surface area (Å²) in [5.74, 6) is 0.681. The zero-order valence-electron chi connectivity index (χ0n) is 18.4. The molecule has 32 heavy (non-hydrogen) atoms. The van der Waals surface area contributed by atoms with E-state index in [-0.39, 0.29) is 11.8 Å². The molecule has 164 valence electrons. The van der Waals surface area contributed by atoms with Gasteiger partial charge >= 0.3 is 0 Å². The molecule has 0 spiro atoms. The summed E-state index contributed by atoms with van der Waals surface area (Å²) in [4.78, 5) is 31.8. The molecule has 6 nitrogen and oxygen atoms in total. The van der Waals surface area contributed by atoms with E-state index in [0.717, 1.165) is 17.1 Å². The molecule has 4 rings (SSSR count). The molecule has 1 aliphatic rings. The second-order valence-corrected chi connectivity index (χ2v) is 7.72. The Morgan fingerprint density at radius 3 is 1.94 bits per heavy atom. The number of amides is 2. The fourth-order valence-corrected chi connectivity index (χ4v) is 3.94. The number of ether oxygens (including phenoxy) is 1. The average Bonchev–Trinajstić information content (AvgIpc) is 2.88. The Balaban J connectivity index is 1.44. The SMILES string of the molecule is COc1ccc(C(=O)N2CCN(C(=O)c3ccccc3N(C)c3ccccc3)CC2)cc1. The number of nitrogens with zero attached hydrogens (tertiary/aromatic N) is 3. The van der Waals surface area contributed by atoms with E-state index in [0.29, 0.717) is 37.3 Å². The van der Waals surface area contributed by atoms with Crippen molar-refractivity contribution in [3.05, 3.63) is 90.0 Å². The molecular formula is C26H27N3O3. The van der Waals surface area contributed by atoms with Crippen molar-refractivity contribution < 1.29 is 14.3 Å². The van der Waals surface area contributed by atoms with Crippen LogP contribution in [-0.4, -0.2) is 62.0 Å². The van der Waals surface area contributed by atoms with Crippen molar-refractivity contribution in [2.24, 2.45) is 0 Å². The van der Waals surface area contributed by atoms with Crippen LogP contribution in [0, 0.1) is 0 Å². The monoisotopic (exact) mass is 429 g/mol. The van der Waals surface area contributed by atoms with Crippen molar-refractivity contribution in [3.63, 3.8) is 0 Å². The van der Waals surface area contributed by atoms with E-state index in [4.69, 9.17) is 4.74 Å². The summed E-state index contributed by atoms with van der Waals surface area (Å²) in [6.07, 6.45) is 0. The van der Waals surface area contributed by atoms with Crippen molar-refractivity contribution in [2.45, 2.75) is 0 Å². The van der Waals surface area contributed by atoms with E-state index in [2.05, 4.69) is 0 Å². The van der Waals surface area contributed by atoms with Gasteiger partial charge < -0.3 is 19.4 Å². The van der Waals surface area contributed by atoms with Gasteiger partial charge in [-0.25, -0.2) is 0 Å². The van der Waals surface area contributed by atoms with E-state index in [9.17, 15) is 9.59 Å². The quantitative estimate of drug-likeness (QED) is 0.614.